The Labute approximate surface area is 151 Å². The van der Waals surface area contributed by atoms with E-state index in [1.54, 1.807) is 0 Å². The lowest BCUT2D eigenvalue weighted by Crippen LogP contribution is -2.26. The van der Waals surface area contributed by atoms with Gasteiger partial charge in [0.15, 0.2) is 0 Å². The summed E-state index contributed by atoms with van der Waals surface area (Å²) in [5.74, 6) is 0.922. The molecule has 0 bridgehead atoms. The fraction of sp³-hybridized carbons (Fsp3) is 0.333. The Hall–Kier alpha value is -1.26. The van der Waals surface area contributed by atoms with E-state index in [1.807, 2.05) is 30.3 Å². The van der Waals surface area contributed by atoms with Crippen molar-refractivity contribution < 1.29 is 4.74 Å². The van der Waals surface area contributed by atoms with E-state index in [4.69, 9.17) is 4.74 Å². The summed E-state index contributed by atoms with van der Waals surface area (Å²) in [5.41, 5.74) is 2.44. The first kappa shape index (κ1) is 21.7. The van der Waals surface area contributed by atoms with Crippen LogP contribution >= 0.6 is 24.8 Å². The van der Waals surface area contributed by atoms with E-state index < -0.39 is 0 Å². The van der Waals surface area contributed by atoms with Crippen LogP contribution in [0.3, 0.4) is 0 Å². The second kappa shape index (κ2) is 12.2. The van der Waals surface area contributed by atoms with Crippen molar-refractivity contribution in [2.75, 3.05) is 27.2 Å². The number of nitrogens with zero attached hydrogens (tertiary/aromatic N) is 1. The van der Waals surface area contributed by atoms with Crippen LogP contribution < -0.4 is 10.1 Å². The molecule has 0 aliphatic carbocycles. The molecule has 2 rings (SSSR count). The van der Waals surface area contributed by atoms with Crippen molar-refractivity contribution in [1.29, 1.82) is 0 Å². The van der Waals surface area contributed by atoms with Gasteiger partial charge in [-0.3, -0.25) is 0 Å². The summed E-state index contributed by atoms with van der Waals surface area (Å²) in [4.78, 5) is 2.17. The monoisotopic (exact) mass is 356 g/mol. The van der Waals surface area contributed by atoms with E-state index in [0.717, 1.165) is 25.4 Å². The van der Waals surface area contributed by atoms with E-state index in [2.05, 4.69) is 48.6 Å². The van der Waals surface area contributed by atoms with Crippen LogP contribution in [0.25, 0.3) is 0 Å². The molecular weight excluding hydrogens is 331 g/mol. The summed E-state index contributed by atoms with van der Waals surface area (Å²) < 4.78 is 5.84. The van der Waals surface area contributed by atoms with Crippen molar-refractivity contribution in [2.24, 2.45) is 0 Å². The van der Waals surface area contributed by atoms with Crippen LogP contribution in [0.5, 0.6) is 5.75 Å². The third-order valence-corrected chi connectivity index (χ3v) is 3.21. The molecule has 0 spiro atoms. The van der Waals surface area contributed by atoms with Crippen molar-refractivity contribution in [2.45, 2.75) is 13.2 Å². The molecule has 0 amide bonds. The molecule has 2 aromatic carbocycles. The summed E-state index contributed by atoms with van der Waals surface area (Å²) in [6, 6.07) is 18.5. The van der Waals surface area contributed by atoms with Gasteiger partial charge >= 0.3 is 0 Å². The molecule has 0 radical (unpaired) electrons. The maximum atomic E-state index is 5.84. The highest BCUT2D eigenvalue weighted by Gasteiger charge is 1.98. The third-order valence-electron chi connectivity index (χ3n) is 3.21. The van der Waals surface area contributed by atoms with Crippen molar-refractivity contribution in [3.05, 3.63) is 65.7 Å². The van der Waals surface area contributed by atoms with Gasteiger partial charge in [-0.05, 0) is 37.4 Å². The lowest BCUT2D eigenvalue weighted by molar-refractivity contribution is 0.306. The van der Waals surface area contributed by atoms with Gasteiger partial charge in [0.25, 0.3) is 0 Å². The molecule has 5 heteroatoms. The van der Waals surface area contributed by atoms with Gasteiger partial charge in [0.05, 0.1) is 0 Å². The quantitative estimate of drug-likeness (QED) is 0.728. The van der Waals surface area contributed by atoms with Gasteiger partial charge in [0, 0.05) is 19.6 Å². The van der Waals surface area contributed by atoms with Crippen LogP contribution in [0, 0.1) is 0 Å². The third kappa shape index (κ3) is 8.82. The van der Waals surface area contributed by atoms with Gasteiger partial charge in [-0.25, -0.2) is 0 Å². The van der Waals surface area contributed by atoms with Gasteiger partial charge in [-0.1, -0.05) is 42.5 Å². The van der Waals surface area contributed by atoms with E-state index >= 15 is 0 Å². The smallest absolute Gasteiger partial charge is 0.120 e. The number of ether oxygens (including phenoxy) is 1. The molecule has 0 unspecified atom stereocenters. The number of likely N-dealkylation sites (N-methyl/N-ethyl adjacent to an activating group) is 1. The molecule has 3 nitrogen and oxygen atoms in total. The molecule has 128 valence electrons. The Morgan fingerprint density at radius 1 is 0.913 bits per heavy atom. The van der Waals surface area contributed by atoms with Gasteiger partial charge in [-0.15, -0.1) is 24.8 Å². The van der Waals surface area contributed by atoms with Gasteiger partial charge in [-0.2, -0.15) is 0 Å². The largest absolute Gasteiger partial charge is 0.489 e. The Bertz CT molecular complexity index is 536. The minimum atomic E-state index is 0. The van der Waals surface area contributed by atoms with Gasteiger partial charge in [0.2, 0.25) is 0 Å². The van der Waals surface area contributed by atoms with E-state index in [0.29, 0.717) is 6.61 Å². The molecule has 0 aliphatic rings. The van der Waals surface area contributed by atoms with Crippen LogP contribution in [0.15, 0.2) is 54.6 Å². The molecule has 0 aromatic heterocycles. The Morgan fingerprint density at radius 3 is 2.30 bits per heavy atom. The summed E-state index contributed by atoms with van der Waals surface area (Å²) >= 11 is 0. The fourth-order valence-electron chi connectivity index (χ4n) is 2.02. The van der Waals surface area contributed by atoms with Gasteiger partial charge in [0.1, 0.15) is 12.4 Å². The van der Waals surface area contributed by atoms with E-state index in [9.17, 15) is 0 Å². The minimum absolute atomic E-state index is 0. The first-order chi connectivity index (χ1) is 10.2. The van der Waals surface area contributed by atoms with Crippen molar-refractivity contribution in [3.8, 4) is 5.75 Å². The first-order valence-corrected chi connectivity index (χ1v) is 7.35. The normalized spacial score (nSPS) is 9.87. The molecule has 0 saturated heterocycles. The van der Waals surface area contributed by atoms with Crippen LogP contribution in [0.2, 0.25) is 0 Å². The second-order valence-corrected chi connectivity index (χ2v) is 5.40. The Balaban J connectivity index is 0.00000242. The van der Waals surface area contributed by atoms with Crippen LogP contribution in [0.1, 0.15) is 11.1 Å². The standard InChI is InChI=1S/C18H24N2O.2ClH/c1-20(2)12-11-19-14-17-9-6-10-18(13-17)21-15-16-7-4-3-5-8-16;;/h3-10,13,19H,11-12,14-15H2,1-2H3;2*1H. The van der Waals surface area contributed by atoms with E-state index in [1.165, 1.54) is 11.1 Å². The average molecular weight is 357 g/mol. The molecule has 23 heavy (non-hydrogen) atoms. The van der Waals surface area contributed by atoms with Crippen LogP contribution in [0.4, 0.5) is 0 Å². The van der Waals surface area contributed by atoms with E-state index in [-0.39, 0.29) is 24.8 Å². The van der Waals surface area contributed by atoms with Crippen molar-refractivity contribution in [1.82, 2.24) is 10.2 Å². The van der Waals surface area contributed by atoms with Gasteiger partial charge < -0.3 is 15.0 Å². The molecule has 0 fully saturated rings. The number of hydrogen-bond acceptors (Lipinski definition) is 3. The molecular formula is C18H26Cl2N2O. The highest BCUT2D eigenvalue weighted by molar-refractivity contribution is 5.85. The molecule has 2 aromatic rings. The highest BCUT2D eigenvalue weighted by atomic mass is 35.5. The minimum Gasteiger partial charge on any atom is -0.489 e. The number of rotatable bonds is 8. The number of hydrogen-bond donors (Lipinski definition) is 1. The maximum Gasteiger partial charge on any atom is 0.120 e. The predicted octanol–water partition coefficient (Wildman–Crippen LogP) is 3.76. The number of benzene rings is 2. The summed E-state index contributed by atoms with van der Waals surface area (Å²) in [6.07, 6.45) is 0. The highest BCUT2D eigenvalue weighted by Crippen LogP contribution is 2.15. The molecule has 0 atom stereocenters. The predicted molar refractivity (Wildman–Crippen MR) is 102 cm³/mol. The average Bonchev–Trinajstić information content (AvgIpc) is 2.51. The molecule has 0 aliphatic heterocycles. The second-order valence-electron chi connectivity index (χ2n) is 5.40. The zero-order valence-corrected chi connectivity index (χ0v) is 15.3. The summed E-state index contributed by atoms with van der Waals surface area (Å²) in [6.45, 7) is 3.51. The zero-order chi connectivity index (χ0) is 14.9. The lowest BCUT2D eigenvalue weighted by atomic mass is 10.2. The van der Waals surface area contributed by atoms with Crippen LogP contribution in [-0.2, 0) is 13.2 Å². The zero-order valence-electron chi connectivity index (χ0n) is 13.7. The Kier molecular flexibility index (Phi) is 11.5. The van der Waals surface area contributed by atoms with Crippen LogP contribution in [-0.4, -0.2) is 32.1 Å². The van der Waals surface area contributed by atoms with Crippen molar-refractivity contribution in [3.63, 3.8) is 0 Å². The number of nitrogens with one attached hydrogen (secondary N) is 1. The summed E-state index contributed by atoms with van der Waals surface area (Å²) in [7, 11) is 4.17. The number of halogens is 2. The first-order valence-electron chi connectivity index (χ1n) is 7.35. The Morgan fingerprint density at radius 2 is 1.61 bits per heavy atom. The summed E-state index contributed by atoms with van der Waals surface area (Å²) in [5, 5.41) is 3.44. The lowest BCUT2D eigenvalue weighted by Gasteiger charge is -2.11. The molecule has 0 saturated carbocycles. The maximum absolute atomic E-state index is 5.84. The fourth-order valence-corrected chi connectivity index (χ4v) is 2.02. The van der Waals surface area contributed by atoms with Crippen molar-refractivity contribution >= 4 is 24.8 Å². The SMILES string of the molecule is CN(C)CCNCc1cccc(OCc2ccccc2)c1.Cl.Cl. The molecule has 0 heterocycles. The molecule has 1 N–H and O–H groups in total. The topological polar surface area (TPSA) is 24.5 Å².